The second kappa shape index (κ2) is 5.56. The highest BCUT2D eigenvalue weighted by atomic mass is 19.1. The largest absolute Gasteiger partial charge is 0.380 e. The van der Waals surface area contributed by atoms with Crippen LogP contribution in [0, 0.1) is 5.82 Å². The van der Waals surface area contributed by atoms with Crippen molar-refractivity contribution < 1.29 is 13.9 Å². The van der Waals surface area contributed by atoms with Gasteiger partial charge < -0.3 is 4.74 Å². The van der Waals surface area contributed by atoms with E-state index in [9.17, 15) is 9.18 Å². The normalized spacial score (nSPS) is 10.3. The van der Waals surface area contributed by atoms with Crippen LogP contribution in [0.5, 0.6) is 0 Å². The first-order valence-electron chi connectivity index (χ1n) is 5.59. The first kappa shape index (κ1) is 12.5. The van der Waals surface area contributed by atoms with Crippen LogP contribution in [0.15, 0.2) is 48.5 Å². The third kappa shape index (κ3) is 2.81. The Bertz CT molecular complexity index is 529. The van der Waals surface area contributed by atoms with Gasteiger partial charge in [-0.15, -0.1) is 0 Å². The minimum Gasteiger partial charge on any atom is -0.380 e. The van der Waals surface area contributed by atoms with Crippen LogP contribution in [0.4, 0.5) is 4.39 Å². The molecule has 0 unspecified atom stereocenters. The molecule has 0 bridgehead atoms. The zero-order chi connectivity index (χ0) is 13.0. The molecule has 2 aromatic rings. The van der Waals surface area contributed by atoms with Crippen molar-refractivity contribution in [3.05, 3.63) is 71.0 Å². The Morgan fingerprint density at radius 2 is 1.50 bits per heavy atom. The Morgan fingerprint density at radius 1 is 1.00 bits per heavy atom. The molecule has 0 aliphatic heterocycles. The number of benzene rings is 2. The molecule has 0 saturated carbocycles. The summed E-state index contributed by atoms with van der Waals surface area (Å²) in [7, 11) is 1.62. The smallest absolute Gasteiger partial charge is 0.193 e. The lowest BCUT2D eigenvalue weighted by atomic mass is 10.0. The van der Waals surface area contributed by atoms with Crippen molar-refractivity contribution in [1.82, 2.24) is 0 Å². The lowest BCUT2D eigenvalue weighted by Crippen LogP contribution is -2.01. The molecule has 18 heavy (non-hydrogen) atoms. The van der Waals surface area contributed by atoms with Crippen LogP contribution < -0.4 is 0 Å². The lowest BCUT2D eigenvalue weighted by molar-refractivity contribution is 0.103. The van der Waals surface area contributed by atoms with E-state index in [4.69, 9.17) is 4.74 Å². The minimum absolute atomic E-state index is 0.112. The van der Waals surface area contributed by atoms with E-state index in [1.54, 1.807) is 19.2 Å². The standard InChI is InChI=1S/C15H13FO2/c1-18-10-11-2-4-12(5-3-11)15(17)13-6-8-14(16)9-7-13/h2-9H,10H2,1H3. The predicted molar refractivity (Wildman–Crippen MR) is 67.0 cm³/mol. The number of ketones is 1. The van der Waals surface area contributed by atoms with E-state index in [0.717, 1.165) is 5.56 Å². The summed E-state index contributed by atoms with van der Waals surface area (Å²) in [6.45, 7) is 0.519. The molecule has 3 heteroatoms. The molecular weight excluding hydrogens is 231 g/mol. The molecule has 0 aromatic heterocycles. The van der Waals surface area contributed by atoms with Crippen LogP contribution in [0.2, 0.25) is 0 Å². The van der Waals surface area contributed by atoms with Crippen LogP contribution in [0.25, 0.3) is 0 Å². The molecule has 2 rings (SSSR count). The summed E-state index contributed by atoms with van der Waals surface area (Å²) in [4.78, 5) is 12.1. The van der Waals surface area contributed by atoms with Gasteiger partial charge in [0.15, 0.2) is 5.78 Å². The average Bonchev–Trinajstić information content (AvgIpc) is 2.40. The molecule has 0 spiro atoms. The van der Waals surface area contributed by atoms with Crippen LogP contribution in [-0.2, 0) is 11.3 Å². The van der Waals surface area contributed by atoms with Crippen molar-refractivity contribution in [3.8, 4) is 0 Å². The van der Waals surface area contributed by atoms with Gasteiger partial charge in [-0.1, -0.05) is 24.3 Å². The van der Waals surface area contributed by atoms with Gasteiger partial charge >= 0.3 is 0 Å². The van der Waals surface area contributed by atoms with Crippen LogP contribution >= 0.6 is 0 Å². The molecule has 0 N–H and O–H groups in total. The molecule has 0 aliphatic carbocycles. The quantitative estimate of drug-likeness (QED) is 0.772. The SMILES string of the molecule is COCc1ccc(C(=O)c2ccc(F)cc2)cc1. The topological polar surface area (TPSA) is 26.3 Å². The van der Waals surface area contributed by atoms with Gasteiger partial charge in [0.25, 0.3) is 0 Å². The molecule has 2 aromatic carbocycles. The highest BCUT2D eigenvalue weighted by Crippen LogP contribution is 2.12. The van der Waals surface area contributed by atoms with E-state index in [-0.39, 0.29) is 11.6 Å². The lowest BCUT2D eigenvalue weighted by Gasteiger charge is -2.03. The molecule has 0 heterocycles. The third-order valence-corrected chi connectivity index (χ3v) is 2.63. The number of methoxy groups -OCH3 is 1. The Labute approximate surface area is 105 Å². The van der Waals surface area contributed by atoms with Gasteiger partial charge in [0.1, 0.15) is 5.82 Å². The Balaban J connectivity index is 2.20. The van der Waals surface area contributed by atoms with Gasteiger partial charge in [-0.3, -0.25) is 4.79 Å². The highest BCUT2D eigenvalue weighted by Gasteiger charge is 2.08. The van der Waals surface area contributed by atoms with E-state index < -0.39 is 0 Å². The number of hydrogen-bond acceptors (Lipinski definition) is 2. The zero-order valence-corrected chi connectivity index (χ0v) is 10.0. The van der Waals surface area contributed by atoms with Crippen LogP contribution in [0.3, 0.4) is 0 Å². The van der Waals surface area contributed by atoms with Gasteiger partial charge in [0, 0.05) is 18.2 Å². The molecule has 2 nitrogen and oxygen atoms in total. The fraction of sp³-hybridized carbons (Fsp3) is 0.133. The van der Waals surface area contributed by atoms with Gasteiger partial charge in [0.05, 0.1) is 6.61 Å². The Morgan fingerprint density at radius 3 is 2.00 bits per heavy atom. The maximum Gasteiger partial charge on any atom is 0.193 e. The van der Waals surface area contributed by atoms with Crippen molar-refractivity contribution in [1.29, 1.82) is 0 Å². The van der Waals surface area contributed by atoms with Crippen LogP contribution in [0.1, 0.15) is 21.5 Å². The van der Waals surface area contributed by atoms with Gasteiger partial charge in [0.2, 0.25) is 0 Å². The number of ether oxygens (including phenoxy) is 1. The summed E-state index contributed by atoms with van der Waals surface area (Å²) < 4.78 is 17.8. The van der Waals surface area contributed by atoms with E-state index in [1.807, 2.05) is 12.1 Å². The number of rotatable bonds is 4. The molecule has 0 saturated heterocycles. The van der Waals surface area contributed by atoms with Crippen molar-refractivity contribution in [2.24, 2.45) is 0 Å². The maximum absolute atomic E-state index is 12.8. The zero-order valence-electron chi connectivity index (χ0n) is 10.0. The second-order valence-corrected chi connectivity index (χ2v) is 3.97. The molecule has 0 aliphatic rings. The first-order valence-corrected chi connectivity index (χ1v) is 5.59. The van der Waals surface area contributed by atoms with Crippen LogP contribution in [-0.4, -0.2) is 12.9 Å². The fourth-order valence-corrected chi connectivity index (χ4v) is 1.69. The Hall–Kier alpha value is -2.00. The Kier molecular flexibility index (Phi) is 3.85. The molecular formula is C15H13FO2. The van der Waals surface area contributed by atoms with Crippen molar-refractivity contribution in [3.63, 3.8) is 0 Å². The second-order valence-electron chi connectivity index (χ2n) is 3.97. The van der Waals surface area contributed by atoms with E-state index in [1.165, 1.54) is 24.3 Å². The van der Waals surface area contributed by atoms with Crippen molar-refractivity contribution >= 4 is 5.78 Å². The summed E-state index contributed by atoms with van der Waals surface area (Å²) in [5.74, 6) is -0.457. The summed E-state index contributed by atoms with van der Waals surface area (Å²) >= 11 is 0. The number of hydrogen-bond donors (Lipinski definition) is 0. The monoisotopic (exact) mass is 244 g/mol. The predicted octanol–water partition coefficient (Wildman–Crippen LogP) is 3.20. The van der Waals surface area contributed by atoms with E-state index in [0.29, 0.717) is 17.7 Å². The van der Waals surface area contributed by atoms with Gasteiger partial charge in [-0.05, 0) is 29.8 Å². The summed E-state index contributed by atoms with van der Waals surface area (Å²) in [5.41, 5.74) is 2.07. The van der Waals surface area contributed by atoms with Gasteiger partial charge in [-0.25, -0.2) is 4.39 Å². The van der Waals surface area contributed by atoms with Crippen molar-refractivity contribution in [2.75, 3.05) is 7.11 Å². The van der Waals surface area contributed by atoms with Crippen molar-refractivity contribution in [2.45, 2.75) is 6.61 Å². The fourth-order valence-electron chi connectivity index (χ4n) is 1.69. The van der Waals surface area contributed by atoms with E-state index >= 15 is 0 Å². The summed E-state index contributed by atoms with van der Waals surface area (Å²) in [6.07, 6.45) is 0. The third-order valence-electron chi connectivity index (χ3n) is 2.63. The minimum atomic E-state index is -0.345. The first-order chi connectivity index (χ1) is 8.70. The average molecular weight is 244 g/mol. The van der Waals surface area contributed by atoms with E-state index in [2.05, 4.69) is 0 Å². The number of halogens is 1. The summed E-state index contributed by atoms with van der Waals surface area (Å²) in [5, 5.41) is 0. The maximum atomic E-state index is 12.8. The molecule has 0 fully saturated rings. The molecule has 0 amide bonds. The van der Waals surface area contributed by atoms with Gasteiger partial charge in [-0.2, -0.15) is 0 Å². The number of carbonyl (C=O) groups is 1. The molecule has 92 valence electrons. The molecule has 0 radical (unpaired) electrons. The summed E-state index contributed by atoms with van der Waals surface area (Å²) in [6, 6.07) is 12.7. The molecule has 0 atom stereocenters. The number of carbonyl (C=O) groups excluding carboxylic acids is 1. The highest BCUT2D eigenvalue weighted by molar-refractivity contribution is 6.08.